The lowest BCUT2D eigenvalue weighted by molar-refractivity contribution is -0.123. The number of amides is 1. The molecule has 1 aliphatic heterocycles. The van der Waals surface area contributed by atoms with Crippen LogP contribution in [-0.4, -0.2) is 24.0 Å². The maximum absolute atomic E-state index is 12.6. The van der Waals surface area contributed by atoms with Crippen molar-refractivity contribution >= 4 is 5.91 Å². The first-order valence-corrected chi connectivity index (χ1v) is 9.15. The molecule has 0 spiro atoms. The van der Waals surface area contributed by atoms with Crippen LogP contribution in [0, 0.1) is 0 Å². The van der Waals surface area contributed by atoms with Gasteiger partial charge in [-0.2, -0.15) is 0 Å². The van der Waals surface area contributed by atoms with Crippen molar-refractivity contribution in [2.45, 2.75) is 25.0 Å². The zero-order chi connectivity index (χ0) is 19.3. The standard InChI is InChI=1S/C21H22N4O3/c1-27-19-6-3-2-5-15(19)16-12-18(25-24-16)21(26)23-13-14-8-9-22-17(11-14)20-7-4-10-28-20/h2-11,16,18,24-25H,12-13H2,1H3,(H,23,26). The number of hydrogen-bond donors (Lipinski definition) is 3. The summed E-state index contributed by atoms with van der Waals surface area (Å²) in [4.78, 5) is 16.9. The number of aromatic nitrogens is 1. The second-order valence-corrected chi connectivity index (χ2v) is 6.62. The molecule has 1 fully saturated rings. The minimum atomic E-state index is -0.318. The second-order valence-electron chi connectivity index (χ2n) is 6.62. The topological polar surface area (TPSA) is 88.4 Å². The summed E-state index contributed by atoms with van der Waals surface area (Å²) in [5, 5.41) is 2.98. The zero-order valence-corrected chi connectivity index (χ0v) is 15.5. The molecule has 3 N–H and O–H groups in total. The van der Waals surface area contributed by atoms with Crippen LogP contribution in [0.4, 0.5) is 0 Å². The third-order valence-electron chi connectivity index (χ3n) is 4.80. The van der Waals surface area contributed by atoms with Crippen molar-refractivity contribution in [3.05, 3.63) is 72.1 Å². The Labute approximate surface area is 163 Å². The molecule has 4 rings (SSSR count). The van der Waals surface area contributed by atoms with Gasteiger partial charge in [0.15, 0.2) is 5.76 Å². The fourth-order valence-corrected chi connectivity index (χ4v) is 3.34. The summed E-state index contributed by atoms with van der Waals surface area (Å²) < 4.78 is 10.8. The molecular weight excluding hydrogens is 356 g/mol. The molecule has 7 heteroatoms. The van der Waals surface area contributed by atoms with Gasteiger partial charge in [-0.25, -0.2) is 10.9 Å². The van der Waals surface area contributed by atoms with E-state index in [9.17, 15) is 4.79 Å². The smallest absolute Gasteiger partial charge is 0.238 e. The minimum Gasteiger partial charge on any atom is -0.496 e. The molecule has 3 aromatic rings. The molecule has 3 heterocycles. The van der Waals surface area contributed by atoms with Gasteiger partial charge in [0.2, 0.25) is 5.91 Å². The zero-order valence-electron chi connectivity index (χ0n) is 15.5. The Kier molecular flexibility index (Phi) is 5.36. The summed E-state index contributed by atoms with van der Waals surface area (Å²) in [5.74, 6) is 1.46. The number of carbonyl (C=O) groups is 1. The molecule has 28 heavy (non-hydrogen) atoms. The highest BCUT2D eigenvalue weighted by atomic mass is 16.5. The normalized spacial score (nSPS) is 18.8. The Morgan fingerprint density at radius 2 is 2.14 bits per heavy atom. The number of nitrogens with zero attached hydrogens (tertiary/aromatic N) is 1. The quantitative estimate of drug-likeness (QED) is 0.611. The largest absolute Gasteiger partial charge is 0.496 e. The molecule has 0 radical (unpaired) electrons. The van der Waals surface area contributed by atoms with Crippen LogP contribution >= 0.6 is 0 Å². The number of ether oxygens (including phenoxy) is 1. The Hall–Kier alpha value is -3.16. The summed E-state index contributed by atoms with van der Waals surface area (Å²) in [5.41, 5.74) is 9.01. The van der Waals surface area contributed by atoms with Gasteiger partial charge in [0, 0.05) is 18.3 Å². The average Bonchev–Trinajstić information content (AvgIpc) is 3.44. The van der Waals surface area contributed by atoms with Crippen molar-refractivity contribution in [1.82, 2.24) is 21.2 Å². The van der Waals surface area contributed by atoms with E-state index in [1.165, 1.54) is 0 Å². The predicted molar refractivity (Wildman–Crippen MR) is 104 cm³/mol. The van der Waals surface area contributed by atoms with Crippen LogP contribution in [0.5, 0.6) is 5.75 Å². The number of para-hydroxylation sites is 1. The molecule has 0 bridgehead atoms. The van der Waals surface area contributed by atoms with Crippen molar-refractivity contribution in [3.63, 3.8) is 0 Å². The Morgan fingerprint density at radius 1 is 1.25 bits per heavy atom. The van der Waals surface area contributed by atoms with E-state index in [0.29, 0.717) is 18.7 Å². The summed E-state index contributed by atoms with van der Waals surface area (Å²) >= 11 is 0. The number of pyridine rings is 1. The molecule has 0 saturated carbocycles. The van der Waals surface area contributed by atoms with Gasteiger partial charge < -0.3 is 14.5 Å². The molecule has 1 saturated heterocycles. The molecule has 2 atom stereocenters. The number of methoxy groups -OCH3 is 1. The molecule has 1 aliphatic rings. The van der Waals surface area contributed by atoms with Gasteiger partial charge in [-0.1, -0.05) is 18.2 Å². The first kappa shape index (κ1) is 18.2. The maximum Gasteiger partial charge on any atom is 0.238 e. The third kappa shape index (κ3) is 3.90. The SMILES string of the molecule is COc1ccccc1C1CC(C(=O)NCc2ccnc(-c3ccco3)c2)NN1. The molecule has 0 aliphatic carbocycles. The van der Waals surface area contributed by atoms with Crippen LogP contribution in [0.15, 0.2) is 65.4 Å². The molecule has 1 amide bonds. The van der Waals surface area contributed by atoms with Crippen LogP contribution in [-0.2, 0) is 11.3 Å². The van der Waals surface area contributed by atoms with E-state index in [1.54, 1.807) is 19.6 Å². The number of carbonyl (C=O) groups excluding carboxylic acids is 1. The highest BCUT2D eigenvalue weighted by Gasteiger charge is 2.31. The summed E-state index contributed by atoms with van der Waals surface area (Å²) in [6.45, 7) is 0.423. The Bertz CT molecular complexity index is 942. The lowest BCUT2D eigenvalue weighted by Crippen LogP contribution is -2.42. The van der Waals surface area contributed by atoms with E-state index in [-0.39, 0.29) is 18.0 Å². The summed E-state index contributed by atoms with van der Waals surface area (Å²) in [6.07, 6.45) is 3.97. The maximum atomic E-state index is 12.6. The van der Waals surface area contributed by atoms with E-state index < -0.39 is 0 Å². The van der Waals surface area contributed by atoms with Crippen LogP contribution < -0.4 is 20.9 Å². The lowest BCUT2D eigenvalue weighted by Gasteiger charge is -2.14. The van der Waals surface area contributed by atoms with Crippen LogP contribution in [0.3, 0.4) is 0 Å². The van der Waals surface area contributed by atoms with Crippen molar-refractivity contribution < 1.29 is 13.9 Å². The van der Waals surface area contributed by atoms with E-state index in [0.717, 1.165) is 22.6 Å². The molecule has 2 aromatic heterocycles. The molecule has 7 nitrogen and oxygen atoms in total. The van der Waals surface area contributed by atoms with Crippen LogP contribution in [0.1, 0.15) is 23.6 Å². The van der Waals surface area contributed by atoms with Gasteiger partial charge in [-0.05, 0) is 42.3 Å². The van der Waals surface area contributed by atoms with E-state index in [4.69, 9.17) is 9.15 Å². The highest BCUT2D eigenvalue weighted by Crippen LogP contribution is 2.29. The van der Waals surface area contributed by atoms with Crippen molar-refractivity contribution in [2.75, 3.05) is 7.11 Å². The fourth-order valence-electron chi connectivity index (χ4n) is 3.34. The van der Waals surface area contributed by atoms with Crippen molar-refractivity contribution in [3.8, 4) is 17.2 Å². The number of hydrogen-bond acceptors (Lipinski definition) is 6. The third-order valence-corrected chi connectivity index (χ3v) is 4.80. The first-order valence-electron chi connectivity index (χ1n) is 9.15. The molecular formula is C21H22N4O3. The van der Waals surface area contributed by atoms with E-state index in [1.807, 2.05) is 48.5 Å². The van der Waals surface area contributed by atoms with Gasteiger partial charge in [0.05, 0.1) is 19.4 Å². The van der Waals surface area contributed by atoms with E-state index in [2.05, 4.69) is 21.2 Å². The van der Waals surface area contributed by atoms with Crippen molar-refractivity contribution in [2.24, 2.45) is 0 Å². The number of rotatable bonds is 6. The van der Waals surface area contributed by atoms with Gasteiger partial charge in [0.25, 0.3) is 0 Å². The Balaban J connectivity index is 1.36. The molecule has 144 valence electrons. The van der Waals surface area contributed by atoms with Gasteiger partial charge in [0.1, 0.15) is 17.5 Å². The van der Waals surface area contributed by atoms with Crippen molar-refractivity contribution in [1.29, 1.82) is 0 Å². The second kappa shape index (κ2) is 8.24. The van der Waals surface area contributed by atoms with Crippen LogP contribution in [0.2, 0.25) is 0 Å². The van der Waals surface area contributed by atoms with E-state index >= 15 is 0 Å². The molecule has 2 unspecified atom stereocenters. The molecule has 1 aromatic carbocycles. The average molecular weight is 378 g/mol. The number of benzene rings is 1. The summed E-state index contributed by atoms with van der Waals surface area (Å²) in [6, 6.07) is 15.0. The predicted octanol–water partition coefficient (Wildman–Crippen LogP) is 2.57. The number of hydrazine groups is 1. The van der Waals surface area contributed by atoms with Gasteiger partial charge in [-0.3, -0.25) is 9.78 Å². The monoisotopic (exact) mass is 378 g/mol. The fraction of sp³-hybridized carbons (Fsp3) is 0.238. The van der Waals surface area contributed by atoms with Crippen LogP contribution in [0.25, 0.3) is 11.5 Å². The minimum absolute atomic E-state index is 0.0124. The Morgan fingerprint density at radius 3 is 2.96 bits per heavy atom. The first-order chi connectivity index (χ1) is 13.7. The summed E-state index contributed by atoms with van der Waals surface area (Å²) in [7, 11) is 1.65. The lowest BCUT2D eigenvalue weighted by atomic mass is 10.0. The number of nitrogens with one attached hydrogen (secondary N) is 3. The van der Waals surface area contributed by atoms with Gasteiger partial charge >= 0.3 is 0 Å². The van der Waals surface area contributed by atoms with Gasteiger partial charge in [-0.15, -0.1) is 0 Å². The highest BCUT2D eigenvalue weighted by molar-refractivity contribution is 5.82. The number of furan rings is 1.